The summed E-state index contributed by atoms with van der Waals surface area (Å²) in [5.74, 6) is 2.15. The van der Waals surface area contributed by atoms with Crippen molar-refractivity contribution in [3.8, 4) is 16.9 Å². The number of nitrogens with zero attached hydrogens (tertiary/aromatic N) is 1. The summed E-state index contributed by atoms with van der Waals surface area (Å²) in [6, 6.07) is 24.0. The molecule has 3 aromatic rings. The number of anilines is 1. The van der Waals surface area contributed by atoms with E-state index in [-0.39, 0.29) is 16.9 Å². The molecule has 3 aromatic carbocycles. The monoisotopic (exact) mass is 707 g/mol. The molecule has 0 aliphatic heterocycles. The van der Waals surface area contributed by atoms with Crippen LogP contribution in [0.25, 0.3) is 16.7 Å². The van der Waals surface area contributed by atoms with E-state index >= 15 is 0 Å². The van der Waals surface area contributed by atoms with Crippen LogP contribution in [-0.4, -0.2) is 11.1 Å². The molecule has 0 aromatic heterocycles. The Hall–Kier alpha value is -5.08. The van der Waals surface area contributed by atoms with Crippen LogP contribution in [0.4, 0.5) is 5.69 Å². The van der Waals surface area contributed by atoms with Crippen LogP contribution >= 0.6 is 0 Å². The molecule has 0 heterocycles. The fourth-order valence-electron chi connectivity index (χ4n) is 11.1. The number of hydrogen-bond donors (Lipinski definition) is 1. The van der Waals surface area contributed by atoms with E-state index in [1.165, 1.54) is 52.1 Å². The number of rotatable bonds is 9. The van der Waals surface area contributed by atoms with Crippen LogP contribution < -0.4 is 4.90 Å². The summed E-state index contributed by atoms with van der Waals surface area (Å²) in [7, 11) is 0. The Morgan fingerprint density at radius 2 is 1.65 bits per heavy atom. The molecule has 6 unspecified atom stereocenters. The molecule has 6 atom stereocenters. The number of phenolic OH excluding ortho intramolecular Hbond substituents is 1. The van der Waals surface area contributed by atoms with Gasteiger partial charge in [-0.3, -0.25) is 0 Å². The molecule has 1 N–H and O–H groups in total. The zero-order chi connectivity index (χ0) is 36.9. The Bertz CT molecular complexity index is 2210. The average Bonchev–Trinajstić information content (AvgIpc) is 3.62. The van der Waals surface area contributed by atoms with Crippen molar-refractivity contribution in [1.29, 1.82) is 0 Å². The first-order valence-corrected chi connectivity index (χ1v) is 20.3. The van der Waals surface area contributed by atoms with E-state index in [9.17, 15) is 5.11 Å². The highest BCUT2D eigenvalue weighted by atomic mass is 16.3. The Balaban J connectivity index is 1.17. The number of allylic oxidation sites excluding steroid dienone is 15. The molecular weight excluding hydrogens is 655 g/mol. The van der Waals surface area contributed by atoms with Gasteiger partial charge in [0.15, 0.2) is 0 Å². The highest BCUT2D eigenvalue weighted by Crippen LogP contribution is 2.65. The van der Waals surface area contributed by atoms with Gasteiger partial charge in [0, 0.05) is 22.2 Å². The zero-order valence-electron chi connectivity index (χ0n) is 32.0. The molecule has 2 nitrogen and oxygen atoms in total. The summed E-state index contributed by atoms with van der Waals surface area (Å²) >= 11 is 0. The molecule has 0 radical (unpaired) electrons. The van der Waals surface area contributed by atoms with E-state index in [0.717, 1.165) is 31.2 Å². The SMILES string of the molecule is C/C=C\CCCC1(C2=CC=CCC2)C2C=CC=CC2C2C=CC(N(c3ccc4c(c3)C(C)(C)c3ccccc3-4)C3C=CC(c4ccc(O)cc4)=CC3)=CC21. The van der Waals surface area contributed by atoms with Gasteiger partial charge < -0.3 is 10.0 Å². The lowest BCUT2D eigenvalue weighted by atomic mass is 9.60. The van der Waals surface area contributed by atoms with E-state index in [1.807, 2.05) is 12.1 Å². The van der Waals surface area contributed by atoms with Gasteiger partial charge in [-0.1, -0.05) is 147 Å². The molecule has 6 aliphatic carbocycles. The highest BCUT2D eigenvalue weighted by Gasteiger charge is 2.59. The van der Waals surface area contributed by atoms with Gasteiger partial charge in [-0.05, 0) is 133 Å². The van der Waals surface area contributed by atoms with E-state index in [1.54, 1.807) is 17.7 Å². The molecule has 0 saturated heterocycles. The third-order valence-corrected chi connectivity index (χ3v) is 13.6. The van der Waals surface area contributed by atoms with Gasteiger partial charge >= 0.3 is 0 Å². The summed E-state index contributed by atoms with van der Waals surface area (Å²) in [6.07, 6.45) is 43.1. The van der Waals surface area contributed by atoms with Crippen molar-refractivity contribution in [2.24, 2.45) is 29.1 Å². The van der Waals surface area contributed by atoms with Gasteiger partial charge in [-0.2, -0.15) is 0 Å². The van der Waals surface area contributed by atoms with Crippen molar-refractivity contribution in [2.75, 3.05) is 4.90 Å². The maximum Gasteiger partial charge on any atom is 0.115 e. The van der Waals surface area contributed by atoms with Crippen LogP contribution in [-0.2, 0) is 5.41 Å². The normalized spacial score (nSPS) is 28.3. The quantitative estimate of drug-likeness (QED) is 0.177. The molecule has 0 spiro atoms. The van der Waals surface area contributed by atoms with Gasteiger partial charge in [0.2, 0.25) is 0 Å². The van der Waals surface area contributed by atoms with Gasteiger partial charge in [0.1, 0.15) is 5.75 Å². The topological polar surface area (TPSA) is 23.5 Å². The van der Waals surface area contributed by atoms with Crippen molar-refractivity contribution in [3.05, 3.63) is 186 Å². The average molecular weight is 708 g/mol. The van der Waals surface area contributed by atoms with E-state index in [4.69, 9.17) is 0 Å². The standard InChI is InChI=1S/C52H53NO/c1-4-5-6-14-33-52(38-15-8-7-9-16-38)48-20-13-11-18-44(48)46-32-28-41(35-50(46)52)53(39-25-21-36(22-26-39)37-23-29-42(54)30-24-37)40-27-31-45-43-17-10-12-19-47(43)51(2,3)49(45)34-40/h4-5,7-8,10-13,15,17-25,27-32,34-35,39,44,46,48,50,54H,6,9,14,16,26,33H2,1-3H3/b5-4-. The Labute approximate surface area is 322 Å². The third-order valence-electron chi connectivity index (χ3n) is 13.6. The summed E-state index contributed by atoms with van der Waals surface area (Å²) in [4.78, 5) is 2.65. The molecule has 6 aliphatic rings. The number of aromatic hydroxyl groups is 1. The minimum Gasteiger partial charge on any atom is -0.508 e. The lowest BCUT2D eigenvalue weighted by Gasteiger charge is -2.45. The van der Waals surface area contributed by atoms with Crippen LogP contribution in [0, 0.1) is 29.1 Å². The Morgan fingerprint density at radius 3 is 2.44 bits per heavy atom. The number of hydrogen-bond acceptors (Lipinski definition) is 2. The molecular formula is C52H53NO. The predicted molar refractivity (Wildman–Crippen MR) is 227 cm³/mol. The minimum atomic E-state index is -0.0767. The molecule has 0 amide bonds. The largest absolute Gasteiger partial charge is 0.508 e. The predicted octanol–water partition coefficient (Wildman–Crippen LogP) is 13.0. The van der Waals surface area contributed by atoms with Crippen molar-refractivity contribution in [3.63, 3.8) is 0 Å². The summed E-state index contributed by atoms with van der Waals surface area (Å²) in [5.41, 5.74) is 12.1. The van der Waals surface area contributed by atoms with Gasteiger partial charge in [0.25, 0.3) is 0 Å². The fourth-order valence-corrected chi connectivity index (χ4v) is 11.1. The molecule has 272 valence electrons. The second kappa shape index (κ2) is 14.0. The number of fused-ring (bicyclic) bond motifs is 6. The molecule has 2 heteroatoms. The number of benzene rings is 3. The summed E-state index contributed by atoms with van der Waals surface area (Å²) in [5, 5.41) is 9.95. The maximum atomic E-state index is 9.95. The first-order chi connectivity index (χ1) is 26.4. The van der Waals surface area contributed by atoms with Crippen molar-refractivity contribution in [2.45, 2.75) is 70.8 Å². The van der Waals surface area contributed by atoms with E-state index in [2.05, 4.69) is 159 Å². The Morgan fingerprint density at radius 1 is 0.833 bits per heavy atom. The van der Waals surface area contributed by atoms with Crippen molar-refractivity contribution >= 4 is 11.3 Å². The van der Waals surface area contributed by atoms with E-state index < -0.39 is 0 Å². The van der Waals surface area contributed by atoms with Gasteiger partial charge in [-0.25, -0.2) is 0 Å². The second-order valence-corrected chi connectivity index (χ2v) is 16.7. The second-order valence-electron chi connectivity index (χ2n) is 16.7. The highest BCUT2D eigenvalue weighted by molar-refractivity contribution is 5.83. The van der Waals surface area contributed by atoms with Gasteiger partial charge in [-0.15, -0.1) is 0 Å². The summed E-state index contributed by atoms with van der Waals surface area (Å²) in [6.45, 7) is 6.93. The molecule has 54 heavy (non-hydrogen) atoms. The lowest BCUT2D eigenvalue weighted by Crippen LogP contribution is -2.38. The van der Waals surface area contributed by atoms with Crippen LogP contribution in [0.3, 0.4) is 0 Å². The van der Waals surface area contributed by atoms with Crippen LogP contribution in [0.5, 0.6) is 5.75 Å². The zero-order valence-corrected chi connectivity index (χ0v) is 32.0. The first-order valence-electron chi connectivity index (χ1n) is 20.3. The third kappa shape index (κ3) is 5.69. The summed E-state index contributed by atoms with van der Waals surface area (Å²) < 4.78 is 0. The molecule has 1 saturated carbocycles. The smallest absolute Gasteiger partial charge is 0.115 e. The Kier molecular flexibility index (Phi) is 8.97. The van der Waals surface area contributed by atoms with Crippen LogP contribution in [0.2, 0.25) is 0 Å². The molecule has 0 bridgehead atoms. The van der Waals surface area contributed by atoms with Gasteiger partial charge in [0.05, 0.1) is 6.04 Å². The fraction of sp³-hybridized carbons (Fsp3) is 0.308. The number of unbranched alkanes of at least 4 members (excludes halogenated alkanes) is 1. The molecule has 9 rings (SSSR count). The van der Waals surface area contributed by atoms with Crippen molar-refractivity contribution < 1.29 is 5.11 Å². The lowest BCUT2D eigenvalue weighted by molar-refractivity contribution is 0.200. The first kappa shape index (κ1) is 34.7. The van der Waals surface area contributed by atoms with Crippen molar-refractivity contribution in [1.82, 2.24) is 0 Å². The van der Waals surface area contributed by atoms with Crippen LogP contribution in [0.15, 0.2) is 169 Å². The van der Waals surface area contributed by atoms with Crippen LogP contribution in [0.1, 0.15) is 76.0 Å². The molecule has 1 fully saturated rings. The number of phenols is 1. The maximum absolute atomic E-state index is 9.95. The minimum absolute atomic E-state index is 0.0700. The van der Waals surface area contributed by atoms with E-state index in [0.29, 0.717) is 29.4 Å².